The Morgan fingerprint density at radius 3 is 2.50 bits per heavy atom. The quantitative estimate of drug-likeness (QED) is 0.892. The first-order valence-corrected chi connectivity index (χ1v) is 6.98. The zero-order valence-corrected chi connectivity index (χ0v) is 11.3. The average molecular weight is 265 g/mol. The van der Waals surface area contributed by atoms with E-state index >= 15 is 0 Å². The second-order valence-corrected chi connectivity index (χ2v) is 5.95. The minimum Gasteiger partial charge on any atom is -0.264 e. The number of aromatic amines is 1. The highest BCUT2D eigenvalue weighted by Gasteiger charge is 2.18. The Morgan fingerprint density at radius 1 is 1.17 bits per heavy atom. The number of H-pyrrole nitrogens is 1. The highest BCUT2D eigenvalue weighted by molar-refractivity contribution is 7.92. The maximum Gasteiger partial charge on any atom is 0.263 e. The van der Waals surface area contributed by atoms with E-state index < -0.39 is 10.0 Å². The Balaban J connectivity index is 2.43. The van der Waals surface area contributed by atoms with Crippen molar-refractivity contribution in [2.75, 3.05) is 4.72 Å². The lowest BCUT2D eigenvalue weighted by Gasteiger charge is -2.10. The van der Waals surface area contributed by atoms with Gasteiger partial charge in [0.15, 0.2) is 0 Å². The van der Waals surface area contributed by atoms with E-state index in [1.165, 1.54) is 0 Å². The fourth-order valence-electron chi connectivity index (χ4n) is 1.64. The van der Waals surface area contributed by atoms with Gasteiger partial charge in [-0.1, -0.05) is 12.1 Å². The van der Waals surface area contributed by atoms with E-state index in [2.05, 4.69) is 14.9 Å². The third-order valence-electron chi connectivity index (χ3n) is 2.70. The van der Waals surface area contributed by atoms with Crippen LogP contribution in [-0.4, -0.2) is 18.6 Å². The number of nitrogens with zero attached hydrogens (tertiary/aromatic N) is 1. The van der Waals surface area contributed by atoms with Gasteiger partial charge in [-0.25, -0.2) is 8.42 Å². The molecular weight excluding hydrogens is 250 g/mol. The van der Waals surface area contributed by atoms with Gasteiger partial charge in [0.2, 0.25) is 0 Å². The lowest BCUT2D eigenvalue weighted by molar-refractivity contribution is 0.600. The Morgan fingerprint density at radius 2 is 1.89 bits per heavy atom. The molecule has 0 fully saturated rings. The van der Waals surface area contributed by atoms with Crippen molar-refractivity contribution in [2.24, 2.45) is 0 Å². The first-order valence-electron chi connectivity index (χ1n) is 5.50. The monoisotopic (exact) mass is 265 g/mol. The summed E-state index contributed by atoms with van der Waals surface area (Å²) in [5.41, 5.74) is 2.37. The molecule has 0 saturated heterocycles. The van der Waals surface area contributed by atoms with E-state index in [0.29, 0.717) is 11.4 Å². The second kappa shape index (κ2) is 4.45. The highest BCUT2D eigenvalue weighted by atomic mass is 32.2. The first kappa shape index (κ1) is 12.6. The van der Waals surface area contributed by atoms with Crippen molar-refractivity contribution >= 4 is 15.8 Å². The normalized spacial score (nSPS) is 11.5. The number of aromatic nitrogens is 2. The van der Waals surface area contributed by atoms with Gasteiger partial charge < -0.3 is 0 Å². The van der Waals surface area contributed by atoms with Crippen molar-refractivity contribution in [3.05, 3.63) is 41.1 Å². The molecular formula is C12H15N3O2S. The molecule has 2 rings (SSSR count). The van der Waals surface area contributed by atoms with Crippen molar-refractivity contribution in [3.63, 3.8) is 0 Å². The number of rotatable bonds is 3. The predicted molar refractivity (Wildman–Crippen MR) is 70.0 cm³/mol. The summed E-state index contributed by atoms with van der Waals surface area (Å²) in [4.78, 5) is 0.288. The number of nitrogens with one attached hydrogen (secondary N) is 2. The molecule has 0 saturated carbocycles. The molecule has 18 heavy (non-hydrogen) atoms. The minimum atomic E-state index is -3.58. The molecule has 0 spiro atoms. The first-order chi connectivity index (χ1) is 8.40. The van der Waals surface area contributed by atoms with Gasteiger partial charge in [0.05, 0.1) is 11.1 Å². The fourth-order valence-corrected chi connectivity index (χ4v) is 3.05. The van der Waals surface area contributed by atoms with Crippen LogP contribution in [-0.2, 0) is 10.0 Å². The molecule has 0 aliphatic rings. The SMILES string of the molecule is Cc1ccc(C)c(S(=O)(=O)Nc2[nH]ncc2C)c1. The van der Waals surface area contributed by atoms with Gasteiger partial charge in [-0.05, 0) is 38.0 Å². The van der Waals surface area contributed by atoms with Gasteiger partial charge in [0, 0.05) is 5.56 Å². The van der Waals surface area contributed by atoms with Crippen molar-refractivity contribution in [1.29, 1.82) is 0 Å². The van der Waals surface area contributed by atoms with Crippen LogP contribution in [0.25, 0.3) is 0 Å². The Kier molecular flexibility index (Phi) is 3.13. The molecule has 2 aromatic rings. The predicted octanol–water partition coefficient (Wildman–Crippen LogP) is 2.14. The highest BCUT2D eigenvalue weighted by Crippen LogP contribution is 2.20. The maximum absolute atomic E-state index is 12.3. The van der Waals surface area contributed by atoms with Crippen molar-refractivity contribution < 1.29 is 8.42 Å². The molecule has 6 heteroatoms. The molecule has 0 bridgehead atoms. The summed E-state index contributed by atoms with van der Waals surface area (Å²) in [6, 6.07) is 5.34. The number of benzene rings is 1. The molecule has 0 amide bonds. The van der Waals surface area contributed by atoms with Crippen LogP contribution in [0.5, 0.6) is 0 Å². The molecule has 0 radical (unpaired) electrons. The van der Waals surface area contributed by atoms with Gasteiger partial charge in [-0.3, -0.25) is 9.82 Å². The van der Waals surface area contributed by atoms with Crippen LogP contribution in [0.4, 0.5) is 5.82 Å². The van der Waals surface area contributed by atoms with E-state index in [1.54, 1.807) is 32.2 Å². The summed E-state index contributed by atoms with van der Waals surface area (Å²) < 4.78 is 27.0. The molecule has 96 valence electrons. The number of aryl methyl sites for hydroxylation is 3. The summed E-state index contributed by atoms with van der Waals surface area (Å²) in [6.07, 6.45) is 1.57. The molecule has 1 heterocycles. The molecule has 1 aromatic carbocycles. The molecule has 2 N–H and O–H groups in total. The van der Waals surface area contributed by atoms with E-state index in [-0.39, 0.29) is 4.90 Å². The Labute approximate surface area is 106 Å². The molecule has 5 nitrogen and oxygen atoms in total. The number of hydrogen-bond acceptors (Lipinski definition) is 3. The van der Waals surface area contributed by atoms with Crippen LogP contribution in [0.2, 0.25) is 0 Å². The minimum absolute atomic E-state index is 0.288. The number of sulfonamides is 1. The van der Waals surface area contributed by atoms with Crippen LogP contribution in [0.3, 0.4) is 0 Å². The van der Waals surface area contributed by atoms with Crippen LogP contribution >= 0.6 is 0 Å². The van der Waals surface area contributed by atoms with Crippen LogP contribution in [0, 0.1) is 20.8 Å². The average Bonchev–Trinajstić information content (AvgIpc) is 2.67. The van der Waals surface area contributed by atoms with Crippen LogP contribution < -0.4 is 4.72 Å². The van der Waals surface area contributed by atoms with Gasteiger partial charge >= 0.3 is 0 Å². The largest absolute Gasteiger partial charge is 0.264 e. The van der Waals surface area contributed by atoms with Crippen molar-refractivity contribution in [2.45, 2.75) is 25.7 Å². The van der Waals surface area contributed by atoms with Crippen LogP contribution in [0.1, 0.15) is 16.7 Å². The van der Waals surface area contributed by atoms with Gasteiger partial charge in [0.25, 0.3) is 10.0 Å². The Hall–Kier alpha value is -1.82. The number of hydrogen-bond donors (Lipinski definition) is 2. The summed E-state index contributed by atoms with van der Waals surface area (Å²) >= 11 is 0. The third kappa shape index (κ3) is 2.38. The lowest BCUT2D eigenvalue weighted by Crippen LogP contribution is -2.15. The van der Waals surface area contributed by atoms with E-state index in [0.717, 1.165) is 11.1 Å². The third-order valence-corrected chi connectivity index (χ3v) is 4.19. The standard InChI is InChI=1S/C12H15N3O2S/c1-8-4-5-9(2)11(6-8)18(16,17)15-12-10(3)7-13-14-12/h4-7H,1-3H3,(H2,13,14,15). The smallest absolute Gasteiger partial charge is 0.263 e. The summed E-state index contributed by atoms with van der Waals surface area (Å²) in [5, 5.41) is 6.41. The van der Waals surface area contributed by atoms with E-state index in [4.69, 9.17) is 0 Å². The van der Waals surface area contributed by atoms with Crippen molar-refractivity contribution in [3.8, 4) is 0 Å². The molecule has 0 unspecified atom stereocenters. The van der Waals surface area contributed by atoms with Crippen molar-refractivity contribution in [1.82, 2.24) is 10.2 Å². The molecule has 0 aliphatic heterocycles. The molecule has 1 aromatic heterocycles. The maximum atomic E-state index is 12.3. The van der Waals surface area contributed by atoms with Crippen LogP contribution in [0.15, 0.2) is 29.3 Å². The topological polar surface area (TPSA) is 74.8 Å². The van der Waals surface area contributed by atoms with E-state index in [1.807, 2.05) is 13.0 Å². The molecule has 0 atom stereocenters. The lowest BCUT2D eigenvalue weighted by atomic mass is 10.2. The van der Waals surface area contributed by atoms with E-state index in [9.17, 15) is 8.42 Å². The summed E-state index contributed by atoms with van der Waals surface area (Å²) in [7, 11) is -3.58. The zero-order valence-electron chi connectivity index (χ0n) is 10.5. The summed E-state index contributed by atoms with van der Waals surface area (Å²) in [6.45, 7) is 5.41. The van der Waals surface area contributed by atoms with Gasteiger partial charge in [-0.2, -0.15) is 5.10 Å². The Bertz CT molecular complexity index is 674. The van der Waals surface area contributed by atoms with Gasteiger partial charge in [-0.15, -0.1) is 0 Å². The van der Waals surface area contributed by atoms with Gasteiger partial charge in [0.1, 0.15) is 5.82 Å². The molecule has 0 aliphatic carbocycles. The summed E-state index contributed by atoms with van der Waals surface area (Å²) in [5.74, 6) is 0.399. The second-order valence-electron chi connectivity index (χ2n) is 4.30. The number of anilines is 1. The fraction of sp³-hybridized carbons (Fsp3) is 0.250. The zero-order chi connectivity index (χ0) is 13.3.